The topological polar surface area (TPSA) is 152 Å². The van der Waals surface area contributed by atoms with Gasteiger partial charge in [0.25, 0.3) is 11.8 Å². The number of primary amides is 1. The maximum atomic E-state index is 12.2. The third-order valence-electron chi connectivity index (χ3n) is 3.19. The molecule has 11 heteroatoms. The van der Waals surface area contributed by atoms with E-state index < -0.39 is 33.0 Å². The van der Waals surface area contributed by atoms with Crippen LogP contribution < -0.4 is 11.1 Å². The summed E-state index contributed by atoms with van der Waals surface area (Å²) in [5.41, 5.74) is 4.90. The molecule has 0 aliphatic rings. The average Bonchev–Trinajstić information content (AvgIpc) is 2.94. The number of aryl methyl sites for hydroxylation is 1. The number of amides is 2. The lowest BCUT2D eigenvalue weighted by Crippen LogP contribution is -2.17. The summed E-state index contributed by atoms with van der Waals surface area (Å²) in [6.45, 7) is 3.00. The van der Waals surface area contributed by atoms with Gasteiger partial charge >= 0.3 is 0 Å². The molecule has 0 spiro atoms. The quantitative estimate of drug-likeness (QED) is 0.655. The van der Waals surface area contributed by atoms with Crippen LogP contribution in [0.3, 0.4) is 0 Å². The highest BCUT2D eigenvalue weighted by molar-refractivity contribution is 7.91. The lowest BCUT2D eigenvalue weighted by Gasteiger charge is -2.12. The van der Waals surface area contributed by atoms with E-state index in [1.807, 2.05) is 0 Å². The van der Waals surface area contributed by atoms with Crippen LogP contribution in [-0.2, 0) is 9.84 Å². The lowest BCUT2D eigenvalue weighted by atomic mass is 10.1. The number of hydrogen-bond acceptors (Lipinski definition) is 8. The number of benzene rings is 1. The molecule has 1 heterocycles. The highest BCUT2D eigenvalue weighted by atomic mass is 32.2. The van der Waals surface area contributed by atoms with Crippen molar-refractivity contribution in [1.29, 1.82) is 0 Å². The molecule has 2 amide bonds. The van der Waals surface area contributed by atoms with Crippen molar-refractivity contribution in [3.63, 3.8) is 0 Å². The number of aromatic nitrogens is 2. The molecule has 0 bridgehead atoms. The van der Waals surface area contributed by atoms with E-state index >= 15 is 0 Å². The van der Waals surface area contributed by atoms with Crippen molar-refractivity contribution in [2.75, 3.05) is 11.1 Å². The maximum Gasteiger partial charge on any atom is 0.269 e. The van der Waals surface area contributed by atoms with Gasteiger partial charge in [-0.1, -0.05) is 11.4 Å². The number of nitrogens with two attached hydrogens (primary N) is 1. The number of nitrogens with one attached hydrogen (secondary N) is 1. The molecule has 0 aliphatic carbocycles. The van der Waals surface area contributed by atoms with Crippen molar-refractivity contribution >= 4 is 38.9 Å². The smallest absolute Gasteiger partial charge is 0.269 e. The molecule has 2 rings (SSSR count). The largest absolute Gasteiger partial charge is 0.505 e. The SMILES string of the molecule is CCS(=O)(=O)c1cc(NC(=O)c2snnc2C)c(O)c(C(N)=O)c1. The molecule has 4 N–H and O–H groups in total. The Kier molecular flexibility index (Phi) is 4.85. The van der Waals surface area contributed by atoms with Gasteiger partial charge in [0.15, 0.2) is 15.6 Å². The summed E-state index contributed by atoms with van der Waals surface area (Å²) in [6.07, 6.45) is 0. The summed E-state index contributed by atoms with van der Waals surface area (Å²) in [6, 6.07) is 2.05. The zero-order valence-corrected chi connectivity index (χ0v) is 14.4. The molecular formula is C13H14N4O5S2. The van der Waals surface area contributed by atoms with Crippen LogP contribution in [0.2, 0.25) is 0 Å². The van der Waals surface area contributed by atoms with Crippen molar-refractivity contribution < 1.29 is 23.1 Å². The lowest BCUT2D eigenvalue weighted by molar-refractivity contribution is 0.0993. The Morgan fingerprint density at radius 2 is 2.04 bits per heavy atom. The first kappa shape index (κ1) is 17.8. The van der Waals surface area contributed by atoms with Crippen LogP contribution in [0.1, 0.15) is 32.6 Å². The van der Waals surface area contributed by atoms with Gasteiger partial charge in [-0.25, -0.2) is 8.42 Å². The molecule has 24 heavy (non-hydrogen) atoms. The molecular weight excluding hydrogens is 356 g/mol. The number of anilines is 1. The van der Waals surface area contributed by atoms with Crippen LogP contribution in [0.15, 0.2) is 17.0 Å². The summed E-state index contributed by atoms with van der Waals surface area (Å²) >= 11 is 0.843. The number of nitrogens with zero attached hydrogens (tertiary/aromatic N) is 2. The van der Waals surface area contributed by atoms with E-state index in [1.54, 1.807) is 6.92 Å². The van der Waals surface area contributed by atoms with Crippen LogP contribution in [0.4, 0.5) is 5.69 Å². The highest BCUT2D eigenvalue weighted by Crippen LogP contribution is 2.32. The zero-order chi connectivity index (χ0) is 18.1. The Labute approximate surface area is 141 Å². The Bertz CT molecular complexity index is 920. The van der Waals surface area contributed by atoms with Gasteiger partial charge in [-0.05, 0) is 30.6 Å². The minimum absolute atomic E-state index is 0.193. The van der Waals surface area contributed by atoms with Gasteiger partial charge in [0.05, 0.1) is 27.6 Å². The van der Waals surface area contributed by atoms with Crippen LogP contribution in [0, 0.1) is 6.92 Å². The standard InChI is InChI=1S/C13H14N4O5S2/c1-3-24(21,22)7-4-8(12(14)19)10(18)9(5-7)15-13(20)11-6(2)16-17-23-11/h4-5,18H,3H2,1-2H3,(H2,14,19)(H,15,20). The summed E-state index contributed by atoms with van der Waals surface area (Å²) in [7, 11) is -3.68. The third-order valence-corrected chi connectivity index (χ3v) is 5.73. The number of sulfone groups is 1. The summed E-state index contributed by atoms with van der Waals surface area (Å²) in [5.74, 6) is -2.49. The number of hydrogen-bond donors (Lipinski definition) is 3. The average molecular weight is 370 g/mol. The van der Waals surface area contributed by atoms with Crippen molar-refractivity contribution in [1.82, 2.24) is 9.59 Å². The number of carbonyl (C=O) groups excluding carboxylic acids is 2. The zero-order valence-electron chi connectivity index (χ0n) is 12.7. The fourth-order valence-corrected chi connectivity index (χ4v) is 3.34. The molecule has 9 nitrogen and oxygen atoms in total. The van der Waals surface area contributed by atoms with Gasteiger partial charge in [0.2, 0.25) is 0 Å². The van der Waals surface area contributed by atoms with Crippen LogP contribution in [0.25, 0.3) is 0 Å². The van der Waals surface area contributed by atoms with Gasteiger partial charge in [0.1, 0.15) is 4.88 Å². The van der Waals surface area contributed by atoms with Crippen LogP contribution in [0.5, 0.6) is 5.75 Å². The summed E-state index contributed by atoms with van der Waals surface area (Å²) in [5, 5.41) is 16.1. The fourth-order valence-electron chi connectivity index (χ4n) is 1.86. The number of phenols is 1. The molecule has 0 saturated heterocycles. The van der Waals surface area contributed by atoms with Gasteiger partial charge in [-0.15, -0.1) is 5.10 Å². The molecule has 2 aromatic rings. The van der Waals surface area contributed by atoms with Gasteiger partial charge in [-0.3, -0.25) is 9.59 Å². The van der Waals surface area contributed by atoms with E-state index in [9.17, 15) is 23.1 Å². The van der Waals surface area contributed by atoms with E-state index in [4.69, 9.17) is 5.73 Å². The Morgan fingerprint density at radius 3 is 2.54 bits per heavy atom. The molecule has 0 aliphatic heterocycles. The second-order valence-electron chi connectivity index (χ2n) is 4.78. The monoisotopic (exact) mass is 370 g/mol. The third kappa shape index (κ3) is 3.36. The van der Waals surface area contributed by atoms with E-state index in [2.05, 4.69) is 14.9 Å². The molecule has 1 aromatic carbocycles. The van der Waals surface area contributed by atoms with Gasteiger partial charge < -0.3 is 16.2 Å². The Balaban J connectivity index is 2.55. The minimum Gasteiger partial charge on any atom is -0.505 e. The van der Waals surface area contributed by atoms with Crippen molar-refractivity contribution in [3.05, 3.63) is 28.3 Å². The normalized spacial score (nSPS) is 11.2. The van der Waals surface area contributed by atoms with E-state index in [1.165, 1.54) is 6.92 Å². The minimum atomic E-state index is -3.68. The van der Waals surface area contributed by atoms with E-state index in [-0.39, 0.29) is 21.2 Å². The van der Waals surface area contributed by atoms with Crippen molar-refractivity contribution in [2.45, 2.75) is 18.7 Å². The van der Waals surface area contributed by atoms with Crippen LogP contribution in [-0.4, -0.2) is 40.7 Å². The Hall–Kier alpha value is -2.53. The van der Waals surface area contributed by atoms with Gasteiger partial charge in [0, 0.05) is 0 Å². The van der Waals surface area contributed by atoms with E-state index in [0.717, 1.165) is 23.7 Å². The number of carbonyl (C=O) groups is 2. The number of aromatic hydroxyl groups is 1. The second-order valence-corrected chi connectivity index (χ2v) is 7.81. The Morgan fingerprint density at radius 1 is 1.38 bits per heavy atom. The first-order valence-corrected chi connectivity index (χ1v) is 9.09. The second kappa shape index (κ2) is 6.53. The molecule has 0 atom stereocenters. The molecule has 0 radical (unpaired) electrons. The summed E-state index contributed by atoms with van der Waals surface area (Å²) < 4.78 is 27.7. The number of rotatable bonds is 5. The molecule has 0 saturated carbocycles. The molecule has 0 fully saturated rings. The van der Waals surface area contributed by atoms with Crippen molar-refractivity contribution in [3.8, 4) is 5.75 Å². The molecule has 1 aromatic heterocycles. The van der Waals surface area contributed by atoms with Gasteiger partial charge in [-0.2, -0.15) is 0 Å². The predicted octanol–water partition coefficient (Wildman–Crippen LogP) is 0.697. The van der Waals surface area contributed by atoms with E-state index in [0.29, 0.717) is 5.69 Å². The first-order valence-electron chi connectivity index (χ1n) is 6.67. The molecule has 128 valence electrons. The molecule has 0 unspecified atom stereocenters. The van der Waals surface area contributed by atoms with Crippen molar-refractivity contribution in [2.24, 2.45) is 5.73 Å². The van der Waals surface area contributed by atoms with Crippen LogP contribution >= 0.6 is 11.5 Å². The fraction of sp³-hybridized carbons (Fsp3) is 0.231. The summed E-state index contributed by atoms with van der Waals surface area (Å²) in [4.78, 5) is 23.6. The highest BCUT2D eigenvalue weighted by Gasteiger charge is 2.22. The maximum absolute atomic E-state index is 12.2. The predicted molar refractivity (Wildman–Crippen MR) is 87.0 cm³/mol. The first-order chi connectivity index (χ1) is 11.2.